The maximum atomic E-state index is 15.4. The van der Waals surface area contributed by atoms with Crippen LogP contribution in [0.2, 0.25) is 5.02 Å². The summed E-state index contributed by atoms with van der Waals surface area (Å²) in [5.74, 6) is -2.88. The Morgan fingerprint density at radius 1 is 1.27 bits per heavy atom. The average Bonchev–Trinajstić information content (AvgIpc) is 3.04. The monoisotopic (exact) mass is 476 g/mol. The molecule has 2 heterocycles. The Bertz CT molecular complexity index is 1240. The van der Waals surface area contributed by atoms with Crippen LogP contribution in [0.15, 0.2) is 36.4 Å². The van der Waals surface area contributed by atoms with Crippen molar-refractivity contribution in [3.8, 4) is 0 Å². The highest BCUT2D eigenvalue weighted by Crippen LogP contribution is 2.43. The first-order valence-corrected chi connectivity index (χ1v) is 11.0. The highest BCUT2D eigenvalue weighted by molar-refractivity contribution is 6.31. The smallest absolute Gasteiger partial charge is 0.328 e. The number of aromatic amines is 1. The summed E-state index contributed by atoms with van der Waals surface area (Å²) in [7, 11) is 0. The minimum atomic E-state index is -1.60. The number of nitrogens with one attached hydrogen (secondary N) is 1. The summed E-state index contributed by atoms with van der Waals surface area (Å²) >= 11 is 6.20. The van der Waals surface area contributed by atoms with E-state index in [9.17, 15) is 9.18 Å². The molecule has 0 fully saturated rings. The van der Waals surface area contributed by atoms with Crippen molar-refractivity contribution in [2.75, 3.05) is 6.54 Å². The molecule has 2 atom stereocenters. The van der Waals surface area contributed by atoms with Crippen molar-refractivity contribution in [3.05, 3.63) is 75.4 Å². The number of benzene rings is 2. The first-order chi connectivity index (χ1) is 15.4. The molecule has 0 aliphatic carbocycles. The third kappa shape index (κ3) is 4.66. The number of carboxylic acids is 1. The molecule has 4 nitrogen and oxygen atoms in total. The van der Waals surface area contributed by atoms with Gasteiger partial charge in [-0.1, -0.05) is 11.6 Å². The number of H-pyrrole nitrogens is 1. The fraction of sp³-hybridized carbons (Fsp3) is 0.320. The molecule has 2 aromatic carbocycles. The summed E-state index contributed by atoms with van der Waals surface area (Å²) < 4.78 is 45.6. The number of carbonyl (C=O) groups is 1. The molecule has 0 amide bonds. The number of halogens is 4. The molecule has 1 aliphatic heterocycles. The van der Waals surface area contributed by atoms with Crippen LogP contribution in [-0.4, -0.2) is 39.2 Å². The molecule has 33 heavy (non-hydrogen) atoms. The van der Waals surface area contributed by atoms with E-state index in [0.29, 0.717) is 17.1 Å². The summed E-state index contributed by atoms with van der Waals surface area (Å²) in [6.45, 7) is 4.74. The molecule has 3 aromatic rings. The zero-order valence-corrected chi connectivity index (χ0v) is 19.2. The van der Waals surface area contributed by atoms with E-state index in [4.69, 9.17) is 16.7 Å². The van der Waals surface area contributed by atoms with E-state index in [1.54, 1.807) is 11.0 Å². The number of aromatic nitrogens is 1. The van der Waals surface area contributed by atoms with Gasteiger partial charge >= 0.3 is 5.97 Å². The largest absolute Gasteiger partial charge is 0.478 e. The zero-order chi connectivity index (χ0) is 24.1. The molecule has 0 spiro atoms. The molecule has 174 valence electrons. The van der Waals surface area contributed by atoms with E-state index in [1.165, 1.54) is 13.8 Å². The maximum Gasteiger partial charge on any atom is 0.328 e. The molecular formula is C25H24ClF3N2O2. The number of hydrogen-bond donors (Lipinski definition) is 2. The second kappa shape index (κ2) is 8.54. The molecule has 4 rings (SSSR count). The van der Waals surface area contributed by atoms with Crippen molar-refractivity contribution in [3.63, 3.8) is 0 Å². The lowest BCUT2D eigenvalue weighted by Crippen LogP contribution is -2.48. The zero-order valence-electron chi connectivity index (χ0n) is 18.4. The number of alkyl halides is 1. The van der Waals surface area contributed by atoms with Gasteiger partial charge in [-0.25, -0.2) is 18.0 Å². The lowest BCUT2D eigenvalue weighted by Gasteiger charge is -2.43. The van der Waals surface area contributed by atoms with Gasteiger partial charge in [-0.2, -0.15) is 0 Å². The Kier molecular flexibility index (Phi) is 6.05. The minimum Gasteiger partial charge on any atom is -0.478 e. The van der Waals surface area contributed by atoms with Gasteiger partial charge in [-0.3, -0.25) is 4.90 Å². The van der Waals surface area contributed by atoms with Crippen LogP contribution in [0.4, 0.5) is 13.2 Å². The summed E-state index contributed by atoms with van der Waals surface area (Å²) in [6, 6.07) is 6.44. The molecular weight excluding hydrogens is 453 g/mol. The number of aliphatic carboxylic acids is 1. The van der Waals surface area contributed by atoms with Crippen molar-refractivity contribution < 1.29 is 23.1 Å². The van der Waals surface area contributed by atoms with Crippen LogP contribution in [0.3, 0.4) is 0 Å². The summed E-state index contributed by atoms with van der Waals surface area (Å²) in [6.07, 6.45) is 2.50. The fourth-order valence-corrected chi connectivity index (χ4v) is 4.82. The normalized spacial score (nSPS) is 19.4. The third-order valence-electron chi connectivity index (χ3n) is 5.92. The van der Waals surface area contributed by atoms with Crippen molar-refractivity contribution in [1.82, 2.24) is 9.88 Å². The van der Waals surface area contributed by atoms with Crippen LogP contribution >= 0.6 is 11.6 Å². The van der Waals surface area contributed by atoms with Crippen molar-refractivity contribution in [2.24, 2.45) is 0 Å². The molecule has 0 saturated heterocycles. The van der Waals surface area contributed by atoms with Gasteiger partial charge < -0.3 is 10.1 Å². The standard InChI is InChI=1S/C25H24ClF3N2O2/c1-13-8-17-16-11-15(26)5-6-20(16)30-23(17)24(31(13)12-25(2,3)29)22-18(27)9-14(10-19(22)28)4-7-21(32)33/h4-7,9-11,13,24,30H,8,12H2,1-3H3,(H,32,33)/b7-4+. The predicted molar refractivity (Wildman–Crippen MR) is 123 cm³/mol. The molecule has 0 bridgehead atoms. The Morgan fingerprint density at radius 2 is 1.94 bits per heavy atom. The second-order valence-corrected chi connectivity index (χ2v) is 9.56. The van der Waals surface area contributed by atoms with Gasteiger partial charge in [0.15, 0.2) is 0 Å². The molecule has 1 aromatic heterocycles. The van der Waals surface area contributed by atoms with Crippen LogP contribution in [-0.2, 0) is 11.2 Å². The van der Waals surface area contributed by atoms with E-state index in [1.807, 2.05) is 19.1 Å². The van der Waals surface area contributed by atoms with Gasteiger partial charge in [-0.15, -0.1) is 0 Å². The summed E-state index contributed by atoms with van der Waals surface area (Å²) in [5.41, 5.74) is 0.548. The Hall–Kier alpha value is -2.77. The third-order valence-corrected chi connectivity index (χ3v) is 6.16. The minimum absolute atomic E-state index is 0.0338. The molecule has 0 saturated carbocycles. The number of hydrogen-bond acceptors (Lipinski definition) is 2. The first-order valence-electron chi connectivity index (χ1n) is 10.6. The average molecular weight is 477 g/mol. The van der Waals surface area contributed by atoms with Gasteiger partial charge in [0.25, 0.3) is 0 Å². The van der Waals surface area contributed by atoms with E-state index in [0.717, 1.165) is 40.8 Å². The molecule has 2 unspecified atom stereocenters. The van der Waals surface area contributed by atoms with E-state index in [-0.39, 0.29) is 23.7 Å². The van der Waals surface area contributed by atoms with E-state index in [2.05, 4.69) is 4.98 Å². The molecule has 0 radical (unpaired) electrons. The van der Waals surface area contributed by atoms with Crippen LogP contribution in [0, 0.1) is 11.6 Å². The predicted octanol–water partition coefficient (Wildman–Crippen LogP) is 6.28. The van der Waals surface area contributed by atoms with Crippen LogP contribution in [0.25, 0.3) is 17.0 Å². The lowest BCUT2D eigenvalue weighted by molar-refractivity contribution is -0.131. The summed E-state index contributed by atoms with van der Waals surface area (Å²) in [5, 5.41) is 10.2. The maximum absolute atomic E-state index is 15.4. The molecule has 1 aliphatic rings. The van der Waals surface area contributed by atoms with Crippen LogP contribution in [0.5, 0.6) is 0 Å². The van der Waals surface area contributed by atoms with Crippen LogP contribution in [0.1, 0.15) is 49.2 Å². The molecule has 8 heteroatoms. The Morgan fingerprint density at radius 3 is 2.55 bits per heavy atom. The second-order valence-electron chi connectivity index (χ2n) is 9.12. The highest BCUT2D eigenvalue weighted by atomic mass is 35.5. The quantitative estimate of drug-likeness (QED) is 0.426. The number of fused-ring (bicyclic) bond motifs is 3. The fourth-order valence-electron chi connectivity index (χ4n) is 4.65. The van der Waals surface area contributed by atoms with Gasteiger partial charge in [0.1, 0.15) is 17.3 Å². The van der Waals surface area contributed by atoms with Gasteiger partial charge in [-0.05, 0) is 74.7 Å². The van der Waals surface area contributed by atoms with Gasteiger partial charge in [0, 0.05) is 45.8 Å². The molecule has 2 N–H and O–H groups in total. The van der Waals surface area contributed by atoms with Gasteiger partial charge in [0.05, 0.1) is 6.04 Å². The number of rotatable bonds is 5. The van der Waals surface area contributed by atoms with E-state index < -0.39 is 29.3 Å². The Balaban J connectivity index is 1.93. The SMILES string of the molecule is CC1Cc2c([nH]c3ccc(Cl)cc23)C(c2c(F)cc(/C=C/C(=O)O)cc2F)N1CC(C)(C)F. The number of carboxylic acid groups (broad SMARTS) is 1. The van der Waals surface area contributed by atoms with Crippen molar-refractivity contribution >= 4 is 34.5 Å². The topological polar surface area (TPSA) is 56.3 Å². The lowest BCUT2D eigenvalue weighted by atomic mass is 9.87. The Labute approximate surface area is 194 Å². The van der Waals surface area contributed by atoms with Crippen molar-refractivity contribution in [2.45, 2.75) is 44.9 Å². The van der Waals surface area contributed by atoms with E-state index >= 15 is 8.78 Å². The van der Waals surface area contributed by atoms with Crippen molar-refractivity contribution in [1.29, 1.82) is 0 Å². The van der Waals surface area contributed by atoms with Gasteiger partial charge in [0.2, 0.25) is 0 Å². The summed E-state index contributed by atoms with van der Waals surface area (Å²) in [4.78, 5) is 15.8. The highest BCUT2D eigenvalue weighted by Gasteiger charge is 2.40. The first kappa shape index (κ1) is 23.4. The number of nitrogens with zero attached hydrogens (tertiary/aromatic N) is 1. The van der Waals surface area contributed by atoms with Crippen LogP contribution < -0.4 is 0 Å².